The molecular formula is C18H17FN4O2S. The maximum atomic E-state index is 13.3. The highest BCUT2D eigenvalue weighted by molar-refractivity contribution is 7.17. The van der Waals surface area contributed by atoms with Crippen molar-refractivity contribution in [2.24, 2.45) is 11.7 Å². The van der Waals surface area contributed by atoms with E-state index in [0.29, 0.717) is 19.0 Å². The van der Waals surface area contributed by atoms with Gasteiger partial charge in [0.1, 0.15) is 28.8 Å². The summed E-state index contributed by atoms with van der Waals surface area (Å²) in [6.45, 7) is 1.11. The summed E-state index contributed by atoms with van der Waals surface area (Å²) < 4.78 is 18.6. The molecule has 26 heavy (non-hydrogen) atoms. The highest BCUT2D eigenvalue weighted by Crippen LogP contribution is 2.37. The lowest BCUT2D eigenvalue weighted by Crippen LogP contribution is -2.42. The number of aromatic nitrogens is 2. The maximum absolute atomic E-state index is 13.3. The third-order valence-electron chi connectivity index (χ3n) is 4.56. The van der Waals surface area contributed by atoms with Crippen LogP contribution in [-0.2, 0) is 9.53 Å². The van der Waals surface area contributed by atoms with Crippen LogP contribution in [0.5, 0.6) is 0 Å². The van der Waals surface area contributed by atoms with E-state index in [1.54, 1.807) is 12.1 Å². The smallest absolute Gasteiger partial charge is 0.240 e. The molecule has 0 spiro atoms. The van der Waals surface area contributed by atoms with Crippen LogP contribution < -0.4 is 11.1 Å². The van der Waals surface area contributed by atoms with Crippen LogP contribution in [0.15, 0.2) is 36.0 Å². The molecular weight excluding hydrogens is 355 g/mol. The molecule has 0 radical (unpaired) electrons. The number of carbonyl (C=O) groups excluding carboxylic acids is 1. The average Bonchev–Trinajstić information content (AvgIpc) is 3.30. The minimum atomic E-state index is -0.573. The Morgan fingerprint density at radius 1 is 1.35 bits per heavy atom. The second-order valence-electron chi connectivity index (χ2n) is 6.21. The van der Waals surface area contributed by atoms with Crippen LogP contribution in [0.25, 0.3) is 21.3 Å². The van der Waals surface area contributed by atoms with Crippen molar-refractivity contribution in [3.63, 3.8) is 0 Å². The Morgan fingerprint density at radius 3 is 2.85 bits per heavy atom. The maximum Gasteiger partial charge on any atom is 0.240 e. The number of hydrogen-bond acceptors (Lipinski definition) is 6. The largest absolute Gasteiger partial charge is 0.381 e. The van der Waals surface area contributed by atoms with Gasteiger partial charge in [-0.1, -0.05) is 12.1 Å². The van der Waals surface area contributed by atoms with Gasteiger partial charge in [0.2, 0.25) is 5.91 Å². The third-order valence-corrected chi connectivity index (χ3v) is 5.45. The molecule has 1 fully saturated rings. The Bertz CT molecular complexity index is 938. The van der Waals surface area contributed by atoms with E-state index >= 15 is 0 Å². The molecule has 3 aromatic rings. The van der Waals surface area contributed by atoms with Crippen LogP contribution in [-0.4, -0.2) is 35.1 Å². The molecule has 6 nitrogen and oxygen atoms in total. The summed E-state index contributed by atoms with van der Waals surface area (Å²) in [5.74, 6) is -0.180. The molecule has 2 aromatic heterocycles. The summed E-state index contributed by atoms with van der Waals surface area (Å²) in [5.41, 5.74) is 7.35. The van der Waals surface area contributed by atoms with Crippen LogP contribution in [0.3, 0.4) is 0 Å². The van der Waals surface area contributed by atoms with Gasteiger partial charge < -0.3 is 15.8 Å². The number of benzene rings is 1. The standard InChI is InChI=1S/C18H17FN4O2S/c19-12-3-1-10(2-4-12)13-8-26-18-14(13)17(21-9-22-18)23-15(16(20)24)11-5-6-25-7-11/h1-4,8-9,11,15H,5-7H2,(H2,20,24)(H,21,22,23). The fourth-order valence-corrected chi connectivity index (χ4v) is 4.13. The number of amides is 1. The summed E-state index contributed by atoms with van der Waals surface area (Å²) in [7, 11) is 0. The molecule has 1 aliphatic heterocycles. The van der Waals surface area contributed by atoms with Gasteiger partial charge in [0, 0.05) is 23.5 Å². The van der Waals surface area contributed by atoms with E-state index in [0.717, 1.165) is 27.8 Å². The molecule has 4 rings (SSSR count). The Labute approximate surface area is 153 Å². The lowest BCUT2D eigenvalue weighted by atomic mass is 9.98. The normalized spacial score (nSPS) is 18.1. The Morgan fingerprint density at radius 2 is 2.15 bits per heavy atom. The van der Waals surface area contributed by atoms with E-state index in [-0.39, 0.29) is 11.7 Å². The average molecular weight is 372 g/mol. The molecule has 2 atom stereocenters. The van der Waals surface area contributed by atoms with Crippen LogP contribution in [0.1, 0.15) is 6.42 Å². The number of thiophene rings is 1. The van der Waals surface area contributed by atoms with Crippen molar-refractivity contribution in [3.05, 3.63) is 41.8 Å². The molecule has 3 heterocycles. The first-order valence-corrected chi connectivity index (χ1v) is 9.13. The van der Waals surface area contributed by atoms with Gasteiger partial charge in [0.05, 0.1) is 12.0 Å². The first-order valence-electron chi connectivity index (χ1n) is 8.25. The van der Waals surface area contributed by atoms with E-state index in [4.69, 9.17) is 10.5 Å². The lowest BCUT2D eigenvalue weighted by molar-refractivity contribution is -0.119. The molecule has 1 saturated heterocycles. The number of primary amides is 1. The minimum absolute atomic E-state index is 0.00502. The topological polar surface area (TPSA) is 90.1 Å². The van der Waals surface area contributed by atoms with Gasteiger partial charge in [-0.25, -0.2) is 14.4 Å². The van der Waals surface area contributed by atoms with Crippen molar-refractivity contribution in [2.75, 3.05) is 18.5 Å². The molecule has 0 saturated carbocycles. The van der Waals surface area contributed by atoms with Gasteiger partial charge in [-0.3, -0.25) is 4.79 Å². The van der Waals surface area contributed by atoms with Crippen molar-refractivity contribution < 1.29 is 13.9 Å². The van der Waals surface area contributed by atoms with Crippen molar-refractivity contribution in [1.29, 1.82) is 0 Å². The lowest BCUT2D eigenvalue weighted by Gasteiger charge is -2.21. The Kier molecular flexibility index (Phi) is 4.52. The van der Waals surface area contributed by atoms with E-state index in [2.05, 4.69) is 15.3 Å². The number of anilines is 1. The van der Waals surface area contributed by atoms with Gasteiger partial charge in [0.25, 0.3) is 0 Å². The van der Waals surface area contributed by atoms with Gasteiger partial charge in [-0.2, -0.15) is 0 Å². The summed E-state index contributed by atoms with van der Waals surface area (Å²) in [6.07, 6.45) is 2.22. The second kappa shape index (κ2) is 6.97. The van der Waals surface area contributed by atoms with Gasteiger partial charge in [-0.05, 0) is 24.1 Å². The number of rotatable bonds is 5. The van der Waals surface area contributed by atoms with Crippen LogP contribution >= 0.6 is 11.3 Å². The number of hydrogen-bond donors (Lipinski definition) is 2. The van der Waals surface area contributed by atoms with E-state index in [1.807, 2.05) is 5.38 Å². The molecule has 3 N–H and O–H groups in total. The quantitative estimate of drug-likeness (QED) is 0.719. The zero-order chi connectivity index (χ0) is 18.1. The Balaban J connectivity index is 1.76. The molecule has 2 unspecified atom stereocenters. The van der Waals surface area contributed by atoms with E-state index in [1.165, 1.54) is 29.8 Å². The first kappa shape index (κ1) is 16.9. The number of ether oxygens (including phenoxy) is 1. The monoisotopic (exact) mass is 372 g/mol. The van der Waals surface area contributed by atoms with Crippen LogP contribution in [0.2, 0.25) is 0 Å². The number of nitrogens with zero attached hydrogens (tertiary/aromatic N) is 2. The molecule has 1 amide bonds. The zero-order valence-corrected chi connectivity index (χ0v) is 14.6. The van der Waals surface area contributed by atoms with E-state index < -0.39 is 11.9 Å². The van der Waals surface area contributed by atoms with Crippen molar-refractivity contribution in [1.82, 2.24) is 9.97 Å². The summed E-state index contributed by atoms with van der Waals surface area (Å²) in [5, 5.41) is 5.95. The number of carbonyl (C=O) groups is 1. The SMILES string of the molecule is NC(=O)C(Nc1ncnc2scc(-c3ccc(F)cc3)c12)C1CCOC1. The highest BCUT2D eigenvalue weighted by atomic mass is 32.1. The summed E-state index contributed by atoms with van der Waals surface area (Å²) in [6, 6.07) is 5.68. The van der Waals surface area contributed by atoms with Crippen molar-refractivity contribution >= 4 is 33.3 Å². The van der Waals surface area contributed by atoms with Crippen LogP contribution in [0, 0.1) is 11.7 Å². The van der Waals surface area contributed by atoms with Gasteiger partial charge in [-0.15, -0.1) is 11.3 Å². The molecule has 134 valence electrons. The van der Waals surface area contributed by atoms with E-state index in [9.17, 15) is 9.18 Å². The number of nitrogens with one attached hydrogen (secondary N) is 1. The summed E-state index contributed by atoms with van der Waals surface area (Å²) in [4.78, 5) is 21.4. The zero-order valence-electron chi connectivity index (χ0n) is 13.8. The highest BCUT2D eigenvalue weighted by Gasteiger charge is 2.31. The fraction of sp³-hybridized carbons (Fsp3) is 0.278. The second-order valence-corrected chi connectivity index (χ2v) is 7.06. The number of halogens is 1. The molecule has 0 aliphatic carbocycles. The predicted molar refractivity (Wildman–Crippen MR) is 98.3 cm³/mol. The van der Waals surface area contributed by atoms with Crippen molar-refractivity contribution in [2.45, 2.75) is 12.5 Å². The third kappa shape index (κ3) is 3.13. The van der Waals surface area contributed by atoms with Gasteiger partial charge >= 0.3 is 0 Å². The van der Waals surface area contributed by atoms with Crippen LogP contribution in [0.4, 0.5) is 10.2 Å². The van der Waals surface area contributed by atoms with Crippen molar-refractivity contribution in [3.8, 4) is 11.1 Å². The molecule has 1 aromatic carbocycles. The molecule has 8 heteroatoms. The molecule has 0 bridgehead atoms. The molecule has 1 aliphatic rings. The minimum Gasteiger partial charge on any atom is -0.381 e. The predicted octanol–water partition coefficient (Wildman–Crippen LogP) is 2.80. The number of fused-ring (bicyclic) bond motifs is 1. The Hall–Kier alpha value is -2.58. The first-order chi connectivity index (χ1) is 12.6. The number of nitrogens with two attached hydrogens (primary N) is 1. The summed E-state index contributed by atoms with van der Waals surface area (Å²) >= 11 is 1.47. The van der Waals surface area contributed by atoms with Gasteiger partial charge in [0.15, 0.2) is 0 Å². The fourth-order valence-electron chi connectivity index (χ4n) is 3.21.